The zero-order valence-corrected chi connectivity index (χ0v) is 13.8. The van der Waals surface area contributed by atoms with Gasteiger partial charge >= 0.3 is 0 Å². The van der Waals surface area contributed by atoms with Crippen LogP contribution in [0.2, 0.25) is 5.15 Å². The fraction of sp³-hybridized carbons (Fsp3) is 0.812. The van der Waals surface area contributed by atoms with E-state index in [-0.39, 0.29) is 0 Å². The van der Waals surface area contributed by atoms with E-state index in [4.69, 9.17) is 11.6 Å². The highest BCUT2D eigenvalue weighted by Crippen LogP contribution is 2.27. The minimum Gasteiger partial charge on any atom is -0.344 e. The molecular formula is C16H27ClN4. The topological polar surface area (TPSA) is 44.0 Å². The number of aromatic nitrogens is 2. The number of halogens is 1. The Hall–Kier alpha value is -0.580. The molecule has 21 heavy (non-hydrogen) atoms. The molecule has 0 amide bonds. The van der Waals surface area contributed by atoms with Crippen LogP contribution < -0.4 is 5.32 Å². The van der Waals surface area contributed by atoms with E-state index in [1.165, 1.54) is 45.2 Å². The Morgan fingerprint density at radius 2 is 2.29 bits per heavy atom. The van der Waals surface area contributed by atoms with Gasteiger partial charge in [-0.2, -0.15) is 0 Å². The Kier molecular flexibility index (Phi) is 5.19. The monoisotopic (exact) mass is 310 g/mol. The van der Waals surface area contributed by atoms with Crippen LogP contribution in [0.15, 0.2) is 0 Å². The van der Waals surface area contributed by atoms with Crippen molar-refractivity contribution >= 4 is 11.6 Å². The van der Waals surface area contributed by atoms with Gasteiger partial charge < -0.3 is 15.2 Å². The van der Waals surface area contributed by atoms with Crippen molar-refractivity contribution in [1.29, 1.82) is 0 Å². The van der Waals surface area contributed by atoms with Crippen molar-refractivity contribution in [2.45, 2.75) is 70.5 Å². The maximum Gasteiger partial charge on any atom is 0.151 e. The third-order valence-electron chi connectivity index (χ3n) is 4.93. The quantitative estimate of drug-likeness (QED) is 0.848. The molecule has 0 aliphatic carbocycles. The lowest BCUT2D eigenvalue weighted by Crippen LogP contribution is -2.45. The molecule has 0 aromatic carbocycles. The third-order valence-corrected chi connectivity index (χ3v) is 5.25. The number of fused-ring (bicyclic) bond motifs is 1. The summed E-state index contributed by atoms with van der Waals surface area (Å²) in [5.41, 5.74) is 1.05. The average Bonchev–Trinajstić information content (AvgIpc) is 3.08. The minimum absolute atomic E-state index is 0.628. The van der Waals surface area contributed by atoms with Crippen molar-refractivity contribution in [3.63, 3.8) is 0 Å². The first-order chi connectivity index (χ1) is 10.3. The van der Waals surface area contributed by atoms with Crippen molar-refractivity contribution in [3.8, 4) is 0 Å². The summed E-state index contributed by atoms with van der Waals surface area (Å²) in [6.07, 6.45) is 8.65. The van der Waals surface area contributed by atoms with E-state index in [2.05, 4.69) is 27.1 Å². The summed E-state index contributed by atoms with van der Waals surface area (Å²) in [6, 6.07) is 1.44. The molecular weight excluding hydrogens is 284 g/mol. The Bertz CT molecular complexity index is 459. The largest absolute Gasteiger partial charge is 0.344 e. The number of hydrogen-bond acceptors (Lipinski definition) is 3. The number of hydrogen-bond donors (Lipinski definition) is 2. The van der Waals surface area contributed by atoms with Gasteiger partial charge in [0.15, 0.2) is 5.15 Å². The van der Waals surface area contributed by atoms with Crippen molar-refractivity contribution in [2.24, 2.45) is 0 Å². The Balaban J connectivity index is 1.49. The van der Waals surface area contributed by atoms with Crippen molar-refractivity contribution in [3.05, 3.63) is 16.7 Å². The first kappa shape index (κ1) is 15.3. The molecule has 118 valence electrons. The molecule has 4 nitrogen and oxygen atoms in total. The second-order valence-corrected chi connectivity index (χ2v) is 6.85. The standard InChI is InChI=1S/C16H27ClN4/c1-2-3-6-15-19-14(16(17)20-15)11-18-12-7-9-21-8-4-5-13(21)10-12/h12-13,18H,2-11H2,1H3,(H,19,20). The molecule has 2 N–H and O–H groups in total. The van der Waals surface area contributed by atoms with Crippen LogP contribution in [-0.4, -0.2) is 40.0 Å². The van der Waals surface area contributed by atoms with E-state index in [1.54, 1.807) is 0 Å². The predicted molar refractivity (Wildman–Crippen MR) is 86.7 cm³/mol. The highest BCUT2D eigenvalue weighted by molar-refractivity contribution is 6.30. The summed E-state index contributed by atoms with van der Waals surface area (Å²) in [5, 5.41) is 4.32. The molecule has 2 atom stereocenters. The smallest absolute Gasteiger partial charge is 0.151 e. The fourth-order valence-corrected chi connectivity index (χ4v) is 3.89. The Morgan fingerprint density at radius 1 is 1.38 bits per heavy atom. The number of piperidine rings is 1. The van der Waals surface area contributed by atoms with Gasteiger partial charge in [0.25, 0.3) is 0 Å². The number of nitrogens with one attached hydrogen (secondary N) is 2. The lowest BCUT2D eigenvalue weighted by molar-refractivity contribution is 0.166. The summed E-state index contributed by atoms with van der Waals surface area (Å²) >= 11 is 6.24. The van der Waals surface area contributed by atoms with Crippen LogP contribution in [0.4, 0.5) is 0 Å². The molecule has 2 saturated heterocycles. The van der Waals surface area contributed by atoms with Crippen LogP contribution in [0.5, 0.6) is 0 Å². The molecule has 2 fully saturated rings. The highest BCUT2D eigenvalue weighted by atomic mass is 35.5. The molecule has 0 spiro atoms. The lowest BCUT2D eigenvalue weighted by Gasteiger charge is -2.35. The van der Waals surface area contributed by atoms with E-state index < -0.39 is 0 Å². The van der Waals surface area contributed by atoms with Gasteiger partial charge in [0.1, 0.15) is 5.82 Å². The molecule has 2 aliphatic heterocycles. The van der Waals surface area contributed by atoms with E-state index in [1.807, 2.05) is 0 Å². The maximum absolute atomic E-state index is 6.24. The molecule has 1 aromatic rings. The second kappa shape index (κ2) is 7.12. The molecule has 1 aromatic heterocycles. The summed E-state index contributed by atoms with van der Waals surface area (Å²) in [4.78, 5) is 10.5. The number of unbranched alkanes of at least 4 members (excludes halogenated alkanes) is 1. The second-order valence-electron chi connectivity index (χ2n) is 6.49. The molecule has 0 bridgehead atoms. The molecule has 3 rings (SSSR count). The fourth-order valence-electron chi connectivity index (χ4n) is 3.68. The third kappa shape index (κ3) is 3.79. The molecule has 0 radical (unpaired) electrons. The number of nitrogens with zero attached hydrogens (tertiary/aromatic N) is 2. The average molecular weight is 311 g/mol. The number of aromatic amines is 1. The van der Waals surface area contributed by atoms with Gasteiger partial charge in [-0.3, -0.25) is 0 Å². The van der Waals surface area contributed by atoms with E-state index in [0.717, 1.165) is 36.9 Å². The zero-order chi connectivity index (χ0) is 14.7. The Morgan fingerprint density at radius 3 is 3.14 bits per heavy atom. The van der Waals surface area contributed by atoms with Gasteiger partial charge in [-0.15, -0.1) is 0 Å². The van der Waals surface area contributed by atoms with Gasteiger partial charge in [-0.25, -0.2) is 4.98 Å². The van der Waals surface area contributed by atoms with Crippen molar-refractivity contribution < 1.29 is 0 Å². The summed E-state index contributed by atoms with van der Waals surface area (Å²) in [7, 11) is 0. The van der Waals surface area contributed by atoms with E-state index in [9.17, 15) is 0 Å². The Labute approximate surface area is 132 Å². The minimum atomic E-state index is 0.628. The molecule has 2 unspecified atom stereocenters. The van der Waals surface area contributed by atoms with Gasteiger partial charge in [-0.1, -0.05) is 24.9 Å². The number of aryl methyl sites for hydroxylation is 1. The highest BCUT2D eigenvalue weighted by Gasteiger charge is 2.31. The van der Waals surface area contributed by atoms with Crippen molar-refractivity contribution in [1.82, 2.24) is 20.2 Å². The molecule has 2 aliphatic rings. The summed E-state index contributed by atoms with van der Waals surface area (Å²) in [5.74, 6) is 1.03. The van der Waals surface area contributed by atoms with Crippen LogP contribution in [0, 0.1) is 0 Å². The number of rotatable bonds is 6. The lowest BCUT2D eigenvalue weighted by atomic mass is 9.97. The van der Waals surface area contributed by atoms with Crippen LogP contribution >= 0.6 is 11.6 Å². The first-order valence-corrected chi connectivity index (χ1v) is 8.84. The number of imidazole rings is 1. The van der Waals surface area contributed by atoms with Crippen LogP contribution in [0.25, 0.3) is 0 Å². The molecule has 5 heteroatoms. The van der Waals surface area contributed by atoms with Crippen LogP contribution in [-0.2, 0) is 13.0 Å². The van der Waals surface area contributed by atoms with Crippen LogP contribution in [0.3, 0.4) is 0 Å². The van der Waals surface area contributed by atoms with Gasteiger partial charge in [-0.05, 0) is 45.2 Å². The van der Waals surface area contributed by atoms with Gasteiger partial charge in [0.2, 0.25) is 0 Å². The maximum atomic E-state index is 6.24. The normalized spacial score (nSPS) is 26.2. The molecule has 0 saturated carbocycles. The van der Waals surface area contributed by atoms with Gasteiger partial charge in [0, 0.05) is 25.0 Å². The predicted octanol–water partition coefficient (Wildman–Crippen LogP) is 3.12. The van der Waals surface area contributed by atoms with E-state index >= 15 is 0 Å². The van der Waals surface area contributed by atoms with Gasteiger partial charge in [0.05, 0.1) is 5.69 Å². The number of H-pyrrole nitrogens is 1. The first-order valence-electron chi connectivity index (χ1n) is 8.47. The summed E-state index contributed by atoms with van der Waals surface area (Å²) < 4.78 is 0. The SMILES string of the molecule is CCCCc1nc(Cl)c(CNC2CCN3CCCC3C2)[nH]1. The van der Waals surface area contributed by atoms with E-state index in [0.29, 0.717) is 11.2 Å². The molecule has 3 heterocycles. The summed E-state index contributed by atoms with van der Waals surface area (Å²) in [6.45, 7) is 5.57. The zero-order valence-electron chi connectivity index (χ0n) is 13.0. The van der Waals surface area contributed by atoms with Crippen LogP contribution in [0.1, 0.15) is 57.0 Å². The van der Waals surface area contributed by atoms with Crippen molar-refractivity contribution in [2.75, 3.05) is 13.1 Å².